The second-order valence-corrected chi connectivity index (χ2v) is 7.75. The van der Waals surface area contributed by atoms with E-state index in [2.05, 4.69) is 0 Å². The standard InChI is InChI=1S/C22H20F3NO8/c23-22(24,25)13-6-11(10-4-2-1-3-5-10)7-14-12(13)8-15(20(31)32)26(14)34-21-19(30)18(29)17(28)16(9-27)33-21/h1-8,16-19,21,27-30H,9H2,(H,31,32)/t16-,17-,18+,19+,21-/m1/s1. The van der Waals surface area contributed by atoms with Crippen molar-refractivity contribution in [1.82, 2.24) is 4.73 Å². The van der Waals surface area contributed by atoms with Crippen LogP contribution < -0.4 is 4.84 Å². The lowest BCUT2D eigenvalue weighted by Crippen LogP contribution is -2.61. The van der Waals surface area contributed by atoms with Crippen molar-refractivity contribution in [1.29, 1.82) is 0 Å². The van der Waals surface area contributed by atoms with Crippen molar-refractivity contribution in [2.75, 3.05) is 6.61 Å². The minimum Gasteiger partial charge on any atom is -0.476 e. The fourth-order valence-corrected chi connectivity index (χ4v) is 3.84. The minimum atomic E-state index is -4.84. The molecule has 0 radical (unpaired) electrons. The van der Waals surface area contributed by atoms with E-state index in [9.17, 15) is 43.5 Å². The monoisotopic (exact) mass is 483 g/mol. The molecule has 0 saturated carbocycles. The highest BCUT2D eigenvalue weighted by Gasteiger charge is 2.45. The summed E-state index contributed by atoms with van der Waals surface area (Å²) in [6.45, 7) is -0.778. The third-order valence-corrected chi connectivity index (χ3v) is 5.57. The average Bonchev–Trinajstić information content (AvgIpc) is 3.17. The fourth-order valence-electron chi connectivity index (χ4n) is 3.84. The summed E-state index contributed by atoms with van der Waals surface area (Å²) < 4.78 is 47.5. The molecule has 1 fully saturated rings. The van der Waals surface area contributed by atoms with Crippen molar-refractivity contribution < 1.29 is 53.1 Å². The Morgan fingerprint density at radius 3 is 2.26 bits per heavy atom. The van der Waals surface area contributed by atoms with E-state index in [1.54, 1.807) is 30.3 Å². The van der Waals surface area contributed by atoms with E-state index < -0.39 is 66.1 Å². The molecule has 3 aromatic rings. The van der Waals surface area contributed by atoms with Gasteiger partial charge in [-0.2, -0.15) is 17.9 Å². The van der Waals surface area contributed by atoms with Crippen LogP contribution in [0.25, 0.3) is 22.0 Å². The molecule has 1 aliphatic heterocycles. The summed E-state index contributed by atoms with van der Waals surface area (Å²) in [6.07, 6.45) is -13.5. The number of hydrogen-bond acceptors (Lipinski definition) is 7. The largest absolute Gasteiger partial charge is 0.476 e. The van der Waals surface area contributed by atoms with E-state index in [1.807, 2.05) is 0 Å². The molecule has 0 amide bonds. The van der Waals surface area contributed by atoms with Crippen LogP contribution in [0, 0.1) is 0 Å². The molecule has 0 unspecified atom stereocenters. The summed E-state index contributed by atoms with van der Waals surface area (Å²) in [5, 5.41) is 48.7. The van der Waals surface area contributed by atoms with E-state index in [-0.39, 0.29) is 11.1 Å². The quantitative estimate of drug-likeness (QED) is 0.365. The lowest BCUT2D eigenvalue weighted by atomic mass is 9.99. The summed E-state index contributed by atoms with van der Waals surface area (Å²) >= 11 is 0. The number of aromatic nitrogens is 1. The molecule has 0 aliphatic carbocycles. The Balaban J connectivity index is 1.90. The predicted octanol–water partition coefficient (Wildman–Crippen LogP) is 1.25. The predicted molar refractivity (Wildman–Crippen MR) is 110 cm³/mol. The molecule has 1 aliphatic rings. The first kappa shape index (κ1) is 24.0. The number of aliphatic hydroxyl groups is 4. The van der Waals surface area contributed by atoms with Gasteiger partial charge < -0.3 is 35.1 Å². The SMILES string of the molecule is O=C(O)c1cc2c(C(F)(F)F)cc(-c3ccccc3)cc2n1O[C@H]1O[C@H](CO)[C@@H](O)[C@H](O)[C@@H]1O. The Morgan fingerprint density at radius 2 is 1.68 bits per heavy atom. The Kier molecular flexibility index (Phi) is 6.27. The van der Waals surface area contributed by atoms with Crippen molar-refractivity contribution in [2.45, 2.75) is 36.9 Å². The van der Waals surface area contributed by atoms with Crippen LogP contribution in [-0.4, -0.2) is 73.5 Å². The molecule has 2 aromatic carbocycles. The summed E-state index contributed by atoms with van der Waals surface area (Å²) in [6, 6.07) is 11.0. The average molecular weight is 483 g/mol. The second kappa shape index (κ2) is 8.89. The number of nitrogens with zero attached hydrogens (tertiary/aromatic N) is 1. The maximum atomic E-state index is 13.9. The van der Waals surface area contributed by atoms with Gasteiger partial charge in [-0.15, -0.1) is 0 Å². The van der Waals surface area contributed by atoms with Gasteiger partial charge in [0, 0.05) is 5.39 Å². The van der Waals surface area contributed by atoms with E-state index >= 15 is 0 Å². The molecule has 1 aromatic heterocycles. The Labute approximate surface area is 189 Å². The summed E-state index contributed by atoms with van der Waals surface area (Å²) in [7, 11) is 0. The molecule has 4 rings (SSSR count). The Bertz CT molecular complexity index is 1190. The van der Waals surface area contributed by atoms with Crippen LogP contribution in [-0.2, 0) is 10.9 Å². The van der Waals surface area contributed by atoms with Gasteiger partial charge in [-0.25, -0.2) is 4.79 Å². The third-order valence-electron chi connectivity index (χ3n) is 5.57. The van der Waals surface area contributed by atoms with Gasteiger partial charge in [-0.05, 0) is 29.3 Å². The molecule has 0 spiro atoms. The van der Waals surface area contributed by atoms with Crippen LogP contribution in [0.4, 0.5) is 13.2 Å². The first-order chi connectivity index (χ1) is 16.0. The molecule has 1 saturated heterocycles. The summed E-state index contributed by atoms with van der Waals surface area (Å²) in [5.74, 6) is -1.63. The first-order valence-corrected chi connectivity index (χ1v) is 10.1. The molecule has 0 bridgehead atoms. The topological polar surface area (TPSA) is 142 Å². The zero-order chi connectivity index (χ0) is 24.8. The number of rotatable bonds is 5. The number of ether oxygens (including phenoxy) is 1. The maximum Gasteiger partial charge on any atom is 0.417 e. The molecule has 2 heterocycles. The van der Waals surface area contributed by atoms with Gasteiger partial charge in [0.05, 0.1) is 17.7 Å². The van der Waals surface area contributed by atoms with Crippen molar-refractivity contribution >= 4 is 16.9 Å². The molecule has 182 valence electrons. The minimum absolute atomic E-state index is 0.120. The highest BCUT2D eigenvalue weighted by atomic mass is 19.4. The number of carboxylic acid groups (broad SMARTS) is 1. The molecule has 5 atom stereocenters. The van der Waals surface area contributed by atoms with Crippen molar-refractivity contribution in [3.05, 3.63) is 59.8 Å². The van der Waals surface area contributed by atoms with E-state index in [0.29, 0.717) is 10.3 Å². The van der Waals surface area contributed by atoms with Crippen LogP contribution in [0.1, 0.15) is 16.1 Å². The highest BCUT2D eigenvalue weighted by Crippen LogP contribution is 2.39. The molecular weight excluding hydrogens is 463 g/mol. The zero-order valence-corrected chi connectivity index (χ0v) is 17.3. The van der Waals surface area contributed by atoms with Crippen LogP contribution in [0.3, 0.4) is 0 Å². The number of benzene rings is 2. The van der Waals surface area contributed by atoms with Crippen LogP contribution in [0.15, 0.2) is 48.5 Å². The van der Waals surface area contributed by atoms with E-state index in [1.165, 1.54) is 6.07 Å². The number of fused-ring (bicyclic) bond motifs is 1. The summed E-state index contributed by atoms with van der Waals surface area (Å²) in [5.41, 5.74) is -1.56. The smallest absolute Gasteiger partial charge is 0.417 e. The maximum absolute atomic E-state index is 13.9. The Morgan fingerprint density at radius 1 is 1.00 bits per heavy atom. The molecule has 12 heteroatoms. The second-order valence-electron chi connectivity index (χ2n) is 7.75. The van der Waals surface area contributed by atoms with E-state index in [0.717, 1.165) is 12.1 Å². The number of carbonyl (C=O) groups is 1. The number of halogens is 3. The van der Waals surface area contributed by atoms with Crippen molar-refractivity contribution in [2.24, 2.45) is 0 Å². The number of aliphatic hydroxyl groups excluding tert-OH is 4. The number of aromatic carboxylic acids is 1. The Hall–Kier alpha value is -3.16. The normalized spacial score (nSPS) is 25.4. The van der Waals surface area contributed by atoms with Gasteiger partial charge in [0.2, 0.25) is 0 Å². The lowest BCUT2D eigenvalue weighted by molar-refractivity contribution is -0.299. The summed E-state index contributed by atoms with van der Waals surface area (Å²) in [4.78, 5) is 17.3. The number of alkyl halides is 3. The third kappa shape index (κ3) is 4.21. The lowest BCUT2D eigenvalue weighted by Gasteiger charge is -2.39. The van der Waals surface area contributed by atoms with Gasteiger partial charge >= 0.3 is 12.1 Å². The van der Waals surface area contributed by atoms with Gasteiger partial charge in [0.25, 0.3) is 6.29 Å². The first-order valence-electron chi connectivity index (χ1n) is 10.1. The number of hydrogen-bond donors (Lipinski definition) is 5. The highest BCUT2D eigenvalue weighted by molar-refractivity contribution is 5.97. The molecule has 34 heavy (non-hydrogen) atoms. The van der Waals surface area contributed by atoms with Gasteiger partial charge in [0.15, 0.2) is 5.69 Å². The molecule has 5 N–H and O–H groups in total. The van der Waals surface area contributed by atoms with Crippen LogP contribution >= 0.6 is 0 Å². The zero-order valence-electron chi connectivity index (χ0n) is 17.3. The van der Waals surface area contributed by atoms with Crippen molar-refractivity contribution in [3.63, 3.8) is 0 Å². The van der Waals surface area contributed by atoms with E-state index in [4.69, 9.17) is 9.57 Å². The van der Waals surface area contributed by atoms with Crippen molar-refractivity contribution in [3.8, 4) is 11.1 Å². The van der Waals surface area contributed by atoms with Gasteiger partial charge in [-0.3, -0.25) is 0 Å². The van der Waals surface area contributed by atoms with Crippen LogP contribution in [0.5, 0.6) is 0 Å². The molecular formula is C22H20F3NO8. The fraction of sp³-hybridized carbons (Fsp3) is 0.318. The van der Waals surface area contributed by atoms with Gasteiger partial charge in [0.1, 0.15) is 24.4 Å². The molecule has 9 nitrogen and oxygen atoms in total. The van der Waals surface area contributed by atoms with Crippen LogP contribution in [0.2, 0.25) is 0 Å². The van der Waals surface area contributed by atoms with Gasteiger partial charge in [-0.1, -0.05) is 30.3 Å². The number of carboxylic acids is 1.